The fraction of sp³-hybridized carbons (Fsp3) is 0.278. The van der Waals surface area contributed by atoms with E-state index in [1.165, 1.54) is 0 Å². The predicted molar refractivity (Wildman–Crippen MR) is 100 cm³/mol. The third-order valence-electron chi connectivity index (χ3n) is 3.12. The predicted octanol–water partition coefficient (Wildman–Crippen LogP) is 5.22. The summed E-state index contributed by atoms with van der Waals surface area (Å²) >= 11 is 11.8. The Morgan fingerprint density at radius 3 is 2.58 bits per heavy atom. The molecule has 0 unspecified atom stereocenters. The number of hydrogen-bond acceptors (Lipinski definition) is 3. The van der Waals surface area contributed by atoms with Crippen LogP contribution < -0.4 is 15.4 Å². The number of nitrogens with one attached hydrogen (secondary N) is 2. The fourth-order valence-corrected chi connectivity index (χ4v) is 2.36. The molecule has 0 radical (unpaired) electrons. The van der Waals surface area contributed by atoms with E-state index < -0.39 is 0 Å². The van der Waals surface area contributed by atoms with E-state index in [4.69, 9.17) is 27.9 Å². The van der Waals surface area contributed by atoms with E-state index in [9.17, 15) is 4.79 Å². The second-order valence-electron chi connectivity index (χ2n) is 5.52. The molecule has 0 spiro atoms. The Balaban J connectivity index is 1.86. The number of carbonyl (C=O) groups excluding carboxylic acids is 1. The topological polar surface area (TPSA) is 50.4 Å². The molecule has 0 aliphatic heterocycles. The van der Waals surface area contributed by atoms with Gasteiger partial charge in [0.1, 0.15) is 5.75 Å². The van der Waals surface area contributed by atoms with Crippen molar-refractivity contribution in [2.45, 2.75) is 26.4 Å². The summed E-state index contributed by atoms with van der Waals surface area (Å²) in [5.74, 6) is 0.570. The molecule has 0 bridgehead atoms. The van der Waals surface area contributed by atoms with E-state index in [0.717, 1.165) is 5.69 Å². The first-order valence-electron chi connectivity index (χ1n) is 7.70. The molecule has 2 aromatic rings. The van der Waals surface area contributed by atoms with Gasteiger partial charge in [0.25, 0.3) is 0 Å². The Morgan fingerprint density at radius 2 is 1.88 bits per heavy atom. The molecule has 0 heterocycles. The Bertz CT molecular complexity index is 705. The summed E-state index contributed by atoms with van der Waals surface area (Å²) in [5.41, 5.74) is 1.49. The van der Waals surface area contributed by atoms with Crippen LogP contribution in [0.15, 0.2) is 42.5 Å². The number of hydrogen-bond donors (Lipinski definition) is 2. The average molecular weight is 367 g/mol. The first kappa shape index (κ1) is 18.4. The molecular weight excluding hydrogens is 347 g/mol. The van der Waals surface area contributed by atoms with Crippen LogP contribution in [0.25, 0.3) is 0 Å². The van der Waals surface area contributed by atoms with Gasteiger partial charge in [-0.15, -0.1) is 0 Å². The van der Waals surface area contributed by atoms with Crippen molar-refractivity contribution in [2.75, 3.05) is 17.2 Å². The molecule has 0 aliphatic carbocycles. The molecule has 0 saturated carbocycles. The molecule has 2 N–H and O–H groups in total. The zero-order chi connectivity index (χ0) is 17.5. The molecular formula is C18H20Cl2N2O2. The van der Waals surface area contributed by atoms with Crippen LogP contribution in [-0.2, 0) is 4.79 Å². The van der Waals surface area contributed by atoms with Gasteiger partial charge in [-0.3, -0.25) is 4.79 Å². The van der Waals surface area contributed by atoms with E-state index in [2.05, 4.69) is 10.6 Å². The normalized spacial score (nSPS) is 10.5. The molecule has 4 nitrogen and oxygen atoms in total. The molecule has 0 fully saturated rings. The van der Waals surface area contributed by atoms with Gasteiger partial charge in [0, 0.05) is 18.7 Å². The first-order chi connectivity index (χ1) is 11.5. The summed E-state index contributed by atoms with van der Waals surface area (Å²) in [6.07, 6.45) is 0.357. The van der Waals surface area contributed by atoms with Crippen LogP contribution in [0, 0.1) is 0 Å². The van der Waals surface area contributed by atoms with Gasteiger partial charge in [0.05, 0.1) is 21.8 Å². The number of halogens is 2. The zero-order valence-corrected chi connectivity index (χ0v) is 15.1. The number of anilines is 2. The largest absolute Gasteiger partial charge is 0.489 e. The minimum absolute atomic E-state index is 0.0411. The highest BCUT2D eigenvalue weighted by molar-refractivity contribution is 6.42. The van der Waals surface area contributed by atoms with Crippen molar-refractivity contribution in [1.29, 1.82) is 0 Å². The van der Waals surface area contributed by atoms with Gasteiger partial charge in [-0.2, -0.15) is 0 Å². The van der Waals surface area contributed by atoms with Crippen molar-refractivity contribution in [3.63, 3.8) is 0 Å². The Labute approximate surface area is 152 Å². The SMILES string of the molecule is CC(C)Oc1ccccc1NC(=O)CCNc1ccc(Cl)c(Cl)c1. The minimum atomic E-state index is -0.0950. The molecule has 0 aromatic heterocycles. The molecule has 24 heavy (non-hydrogen) atoms. The quantitative estimate of drug-likeness (QED) is 0.705. The summed E-state index contributed by atoms with van der Waals surface area (Å²) in [4.78, 5) is 12.1. The molecule has 0 atom stereocenters. The van der Waals surface area contributed by atoms with E-state index in [1.54, 1.807) is 12.1 Å². The van der Waals surface area contributed by atoms with E-state index in [1.807, 2.05) is 44.2 Å². The number of rotatable bonds is 7. The minimum Gasteiger partial charge on any atom is -0.489 e. The third kappa shape index (κ3) is 5.62. The lowest BCUT2D eigenvalue weighted by Crippen LogP contribution is -2.17. The number of amides is 1. The van der Waals surface area contributed by atoms with E-state index >= 15 is 0 Å². The van der Waals surface area contributed by atoms with Gasteiger partial charge < -0.3 is 15.4 Å². The maximum absolute atomic E-state index is 12.1. The lowest BCUT2D eigenvalue weighted by molar-refractivity contribution is -0.116. The third-order valence-corrected chi connectivity index (χ3v) is 3.86. The summed E-state index contributed by atoms with van der Waals surface area (Å²) < 4.78 is 5.69. The molecule has 1 amide bonds. The highest BCUT2D eigenvalue weighted by Gasteiger charge is 2.08. The molecule has 0 aliphatic rings. The Hall–Kier alpha value is -1.91. The van der Waals surface area contributed by atoms with Gasteiger partial charge in [0.2, 0.25) is 5.91 Å². The van der Waals surface area contributed by atoms with E-state index in [0.29, 0.717) is 34.4 Å². The number of para-hydroxylation sites is 2. The van der Waals surface area contributed by atoms with Crippen LogP contribution in [0.4, 0.5) is 11.4 Å². The maximum atomic E-state index is 12.1. The number of carbonyl (C=O) groups is 1. The standard InChI is InChI=1S/C18H20Cl2N2O2/c1-12(2)24-17-6-4-3-5-16(17)22-18(23)9-10-21-13-7-8-14(19)15(20)11-13/h3-8,11-12,21H,9-10H2,1-2H3,(H,22,23). The molecule has 0 saturated heterocycles. The second-order valence-corrected chi connectivity index (χ2v) is 6.33. The molecule has 2 aromatic carbocycles. The highest BCUT2D eigenvalue weighted by Crippen LogP contribution is 2.26. The van der Waals surface area contributed by atoms with Crippen LogP contribution >= 0.6 is 23.2 Å². The fourth-order valence-electron chi connectivity index (χ4n) is 2.07. The van der Waals surface area contributed by atoms with Gasteiger partial charge in [-0.05, 0) is 44.2 Å². The van der Waals surface area contributed by atoms with Crippen molar-refractivity contribution >= 4 is 40.5 Å². The summed E-state index contributed by atoms with van der Waals surface area (Å²) in [7, 11) is 0. The van der Waals surface area contributed by atoms with Crippen LogP contribution in [0.5, 0.6) is 5.75 Å². The lowest BCUT2D eigenvalue weighted by Gasteiger charge is -2.15. The Morgan fingerprint density at radius 1 is 1.12 bits per heavy atom. The number of ether oxygens (including phenoxy) is 1. The highest BCUT2D eigenvalue weighted by atomic mass is 35.5. The van der Waals surface area contributed by atoms with Crippen LogP contribution in [-0.4, -0.2) is 18.6 Å². The Kier molecular flexibility index (Phi) is 6.76. The molecule has 6 heteroatoms. The van der Waals surface area contributed by atoms with Crippen molar-refractivity contribution in [1.82, 2.24) is 0 Å². The van der Waals surface area contributed by atoms with Crippen molar-refractivity contribution in [3.05, 3.63) is 52.5 Å². The molecule has 2 rings (SSSR count). The van der Waals surface area contributed by atoms with E-state index in [-0.39, 0.29) is 12.0 Å². The smallest absolute Gasteiger partial charge is 0.226 e. The monoisotopic (exact) mass is 366 g/mol. The summed E-state index contributed by atoms with van der Waals surface area (Å²) in [5, 5.41) is 6.99. The second kappa shape index (κ2) is 8.81. The lowest BCUT2D eigenvalue weighted by atomic mass is 10.2. The van der Waals surface area contributed by atoms with Crippen LogP contribution in [0.2, 0.25) is 10.0 Å². The first-order valence-corrected chi connectivity index (χ1v) is 8.46. The van der Waals surface area contributed by atoms with Gasteiger partial charge >= 0.3 is 0 Å². The van der Waals surface area contributed by atoms with Gasteiger partial charge in [-0.25, -0.2) is 0 Å². The van der Waals surface area contributed by atoms with Gasteiger partial charge in [-0.1, -0.05) is 35.3 Å². The summed E-state index contributed by atoms with van der Waals surface area (Å²) in [6.45, 7) is 4.37. The van der Waals surface area contributed by atoms with Crippen LogP contribution in [0.3, 0.4) is 0 Å². The van der Waals surface area contributed by atoms with Crippen molar-refractivity contribution < 1.29 is 9.53 Å². The van der Waals surface area contributed by atoms with Gasteiger partial charge in [0.15, 0.2) is 0 Å². The molecule has 128 valence electrons. The average Bonchev–Trinajstić information content (AvgIpc) is 2.52. The number of benzene rings is 2. The van der Waals surface area contributed by atoms with Crippen molar-refractivity contribution in [3.8, 4) is 5.75 Å². The maximum Gasteiger partial charge on any atom is 0.226 e. The zero-order valence-electron chi connectivity index (χ0n) is 13.6. The van der Waals surface area contributed by atoms with Crippen molar-refractivity contribution in [2.24, 2.45) is 0 Å². The summed E-state index contributed by atoms with van der Waals surface area (Å²) in [6, 6.07) is 12.7. The van der Waals surface area contributed by atoms with Crippen LogP contribution in [0.1, 0.15) is 20.3 Å².